The quantitative estimate of drug-likeness (QED) is 0.634. The normalized spacial score (nSPS) is 9.80. The lowest BCUT2D eigenvalue weighted by molar-refractivity contribution is 0.633. The lowest BCUT2D eigenvalue weighted by Gasteiger charge is -2.01. The smallest absolute Gasteiger partial charge is 0.148 e. The summed E-state index contributed by atoms with van der Waals surface area (Å²) >= 11 is 3.11. The second-order valence-corrected chi connectivity index (χ2v) is 2.71. The number of anilines is 2. The highest BCUT2D eigenvalue weighted by molar-refractivity contribution is 9.10. The zero-order valence-corrected chi connectivity index (χ0v) is 6.65. The average Bonchev–Trinajstić information content (AvgIpc) is 1.93. The number of halogens is 2. The Morgan fingerprint density at radius 2 is 1.80 bits per heavy atom. The van der Waals surface area contributed by atoms with Gasteiger partial charge in [0.2, 0.25) is 0 Å². The molecule has 1 aromatic rings. The Balaban J connectivity index is 3.34. The predicted octanol–water partition coefficient (Wildman–Crippen LogP) is 1.75. The van der Waals surface area contributed by atoms with Gasteiger partial charge in [0.05, 0.1) is 11.4 Å². The molecular weight excluding hydrogens is 199 g/mol. The summed E-state index contributed by atoms with van der Waals surface area (Å²) in [4.78, 5) is 0. The maximum atomic E-state index is 12.5. The SMILES string of the molecule is Nc1c(F)ccc(Br)c1N. The fraction of sp³-hybridized carbons (Fsp3) is 0. The molecule has 0 aliphatic carbocycles. The van der Waals surface area contributed by atoms with Gasteiger partial charge in [0, 0.05) is 4.47 Å². The molecule has 0 amide bonds. The van der Waals surface area contributed by atoms with Gasteiger partial charge in [-0.2, -0.15) is 0 Å². The molecule has 1 aromatic carbocycles. The Morgan fingerprint density at radius 3 is 2.30 bits per heavy atom. The van der Waals surface area contributed by atoms with E-state index in [1.165, 1.54) is 12.1 Å². The van der Waals surface area contributed by atoms with E-state index in [1.807, 2.05) is 0 Å². The third-order valence-corrected chi connectivity index (χ3v) is 1.87. The molecule has 4 N–H and O–H groups in total. The van der Waals surface area contributed by atoms with Crippen molar-refractivity contribution in [2.75, 3.05) is 11.5 Å². The van der Waals surface area contributed by atoms with Crippen LogP contribution in [0.4, 0.5) is 15.8 Å². The van der Waals surface area contributed by atoms with E-state index in [4.69, 9.17) is 11.5 Å². The van der Waals surface area contributed by atoms with Crippen molar-refractivity contribution < 1.29 is 4.39 Å². The Hall–Kier alpha value is -0.770. The standard InChI is InChI=1S/C6H6BrFN2/c7-3-1-2-4(8)6(10)5(3)9/h1-2H,9-10H2. The summed E-state index contributed by atoms with van der Waals surface area (Å²) in [5, 5.41) is 0. The van der Waals surface area contributed by atoms with E-state index in [0.717, 1.165) is 0 Å². The first-order chi connectivity index (χ1) is 4.63. The second-order valence-electron chi connectivity index (χ2n) is 1.86. The summed E-state index contributed by atoms with van der Waals surface area (Å²) in [6.45, 7) is 0. The first kappa shape index (κ1) is 7.34. The molecule has 10 heavy (non-hydrogen) atoms. The van der Waals surface area contributed by atoms with Gasteiger partial charge in [-0.25, -0.2) is 4.39 Å². The molecule has 0 aromatic heterocycles. The van der Waals surface area contributed by atoms with Gasteiger partial charge in [0.25, 0.3) is 0 Å². The lowest BCUT2D eigenvalue weighted by atomic mass is 10.3. The van der Waals surface area contributed by atoms with E-state index in [-0.39, 0.29) is 11.4 Å². The van der Waals surface area contributed by atoms with Crippen LogP contribution in [0.25, 0.3) is 0 Å². The van der Waals surface area contributed by atoms with Crippen molar-refractivity contribution >= 4 is 27.3 Å². The fourth-order valence-electron chi connectivity index (χ4n) is 0.583. The van der Waals surface area contributed by atoms with Crippen molar-refractivity contribution in [2.45, 2.75) is 0 Å². The number of rotatable bonds is 0. The zero-order chi connectivity index (χ0) is 7.72. The summed E-state index contributed by atoms with van der Waals surface area (Å²) in [6.07, 6.45) is 0. The molecule has 2 nitrogen and oxygen atoms in total. The van der Waals surface area contributed by atoms with Crippen LogP contribution in [-0.4, -0.2) is 0 Å². The molecule has 0 heterocycles. The van der Waals surface area contributed by atoms with Gasteiger partial charge in [-0.05, 0) is 28.1 Å². The Labute approximate surface area is 66.1 Å². The number of hydrogen-bond acceptors (Lipinski definition) is 2. The summed E-state index contributed by atoms with van der Waals surface area (Å²) in [5.74, 6) is -0.485. The van der Waals surface area contributed by atoms with Crippen molar-refractivity contribution in [3.63, 3.8) is 0 Å². The number of nitrogen functional groups attached to an aromatic ring is 2. The van der Waals surface area contributed by atoms with Crippen LogP contribution in [0, 0.1) is 5.82 Å². The molecule has 0 saturated heterocycles. The molecule has 0 atom stereocenters. The maximum Gasteiger partial charge on any atom is 0.148 e. The van der Waals surface area contributed by atoms with Crippen LogP contribution in [0.1, 0.15) is 0 Å². The monoisotopic (exact) mass is 204 g/mol. The minimum atomic E-state index is -0.485. The Bertz CT molecular complexity index is 235. The van der Waals surface area contributed by atoms with Gasteiger partial charge in [0.15, 0.2) is 0 Å². The van der Waals surface area contributed by atoms with Crippen molar-refractivity contribution in [3.8, 4) is 0 Å². The number of benzene rings is 1. The van der Waals surface area contributed by atoms with Crippen molar-refractivity contribution in [1.82, 2.24) is 0 Å². The molecule has 0 unspecified atom stereocenters. The molecule has 0 fully saturated rings. The Morgan fingerprint density at radius 1 is 1.20 bits per heavy atom. The van der Waals surface area contributed by atoms with Crippen LogP contribution in [0.5, 0.6) is 0 Å². The van der Waals surface area contributed by atoms with Gasteiger partial charge in [-0.3, -0.25) is 0 Å². The average molecular weight is 205 g/mol. The summed E-state index contributed by atoms with van der Waals surface area (Å²) in [6, 6.07) is 2.77. The molecular formula is C6H6BrFN2. The molecule has 0 spiro atoms. The number of hydrogen-bond donors (Lipinski definition) is 2. The third-order valence-electron chi connectivity index (χ3n) is 1.18. The van der Waals surface area contributed by atoms with Crippen LogP contribution in [-0.2, 0) is 0 Å². The van der Waals surface area contributed by atoms with E-state index in [0.29, 0.717) is 4.47 Å². The van der Waals surface area contributed by atoms with Crippen LogP contribution in [0.2, 0.25) is 0 Å². The Kier molecular flexibility index (Phi) is 1.80. The van der Waals surface area contributed by atoms with Gasteiger partial charge in [-0.1, -0.05) is 0 Å². The minimum absolute atomic E-state index is 0.00521. The molecule has 0 bridgehead atoms. The molecule has 0 saturated carbocycles. The largest absolute Gasteiger partial charge is 0.396 e. The van der Waals surface area contributed by atoms with E-state index >= 15 is 0 Å². The lowest BCUT2D eigenvalue weighted by Crippen LogP contribution is -1.98. The highest BCUT2D eigenvalue weighted by Crippen LogP contribution is 2.27. The number of nitrogens with two attached hydrogens (primary N) is 2. The van der Waals surface area contributed by atoms with E-state index in [1.54, 1.807) is 0 Å². The summed E-state index contributed by atoms with van der Waals surface area (Å²) in [7, 11) is 0. The van der Waals surface area contributed by atoms with Gasteiger partial charge in [0.1, 0.15) is 5.82 Å². The minimum Gasteiger partial charge on any atom is -0.396 e. The van der Waals surface area contributed by atoms with Crippen LogP contribution >= 0.6 is 15.9 Å². The van der Waals surface area contributed by atoms with E-state index in [2.05, 4.69) is 15.9 Å². The van der Waals surface area contributed by atoms with Crippen molar-refractivity contribution in [3.05, 3.63) is 22.4 Å². The zero-order valence-electron chi connectivity index (χ0n) is 5.07. The highest BCUT2D eigenvalue weighted by atomic mass is 79.9. The fourth-order valence-corrected chi connectivity index (χ4v) is 0.929. The first-order valence-corrected chi connectivity index (χ1v) is 3.41. The van der Waals surface area contributed by atoms with Gasteiger partial charge < -0.3 is 11.5 Å². The van der Waals surface area contributed by atoms with Crippen molar-refractivity contribution in [2.24, 2.45) is 0 Å². The first-order valence-electron chi connectivity index (χ1n) is 2.62. The predicted molar refractivity (Wildman–Crippen MR) is 42.9 cm³/mol. The molecule has 0 aliphatic heterocycles. The van der Waals surface area contributed by atoms with Crippen LogP contribution in [0.3, 0.4) is 0 Å². The molecule has 0 radical (unpaired) electrons. The highest BCUT2D eigenvalue weighted by Gasteiger charge is 2.03. The molecule has 0 aliphatic rings. The topological polar surface area (TPSA) is 52.0 Å². The van der Waals surface area contributed by atoms with Gasteiger partial charge >= 0.3 is 0 Å². The molecule has 54 valence electrons. The van der Waals surface area contributed by atoms with Crippen molar-refractivity contribution in [1.29, 1.82) is 0 Å². The molecule has 1 rings (SSSR count). The van der Waals surface area contributed by atoms with E-state index < -0.39 is 5.82 Å². The third kappa shape index (κ3) is 1.07. The second kappa shape index (κ2) is 2.46. The van der Waals surface area contributed by atoms with Crippen LogP contribution < -0.4 is 11.5 Å². The maximum absolute atomic E-state index is 12.5. The summed E-state index contributed by atoms with van der Waals surface area (Å²) < 4.78 is 13.2. The summed E-state index contributed by atoms with van der Waals surface area (Å²) in [5.41, 5.74) is 10.9. The van der Waals surface area contributed by atoms with Gasteiger partial charge in [-0.15, -0.1) is 0 Å². The molecule has 4 heteroatoms. The van der Waals surface area contributed by atoms with Crippen LogP contribution in [0.15, 0.2) is 16.6 Å². The van der Waals surface area contributed by atoms with E-state index in [9.17, 15) is 4.39 Å².